The van der Waals surface area contributed by atoms with Gasteiger partial charge < -0.3 is 9.13 Å². The van der Waals surface area contributed by atoms with Crippen LogP contribution in [0, 0.1) is 0 Å². The lowest BCUT2D eigenvalue weighted by atomic mass is 10.6. The number of nitrogens with zero attached hydrogens (tertiary/aromatic N) is 2. The Morgan fingerprint density at radius 1 is 1.15 bits per heavy atom. The zero-order chi connectivity index (χ0) is 10.4. The minimum absolute atomic E-state index is 0.461. The van der Waals surface area contributed by atoms with Gasteiger partial charge in [-0.1, -0.05) is 13.8 Å². The lowest BCUT2D eigenvalue weighted by molar-refractivity contribution is 0.675. The summed E-state index contributed by atoms with van der Waals surface area (Å²) in [5.41, 5.74) is -0.938. The predicted molar refractivity (Wildman–Crippen MR) is 53.0 cm³/mol. The minimum Gasteiger partial charge on any atom is -0.312 e. The SMILES string of the molecule is CC.CCn1ccn(C)c(=O)c1=O. The molecule has 13 heavy (non-hydrogen) atoms. The lowest BCUT2D eigenvalue weighted by Gasteiger charge is -2.00. The molecule has 0 aliphatic rings. The normalized spacial score (nSPS) is 8.92. The highest BCUT2D eigenvalue weighted by atomic mass is 16.2. The van der Waals surface area contributed by atoms with E-state index in [1.54, 1.807) is 19.4 Å². The van der Waals surface area contributed by atoms with Crippen LogP contribution in [0.25, 0.3) is 0 Å². The van der Waals surface area contributed by atoms with Gasteiger partial charge in [0.1, 0.15) is 0 Å². The molecule has 4 heteroatoms. The number of aryl methyl sites for hydroxylation is 2. The Hall–Kier alpha value is -1.32. The molecular formula is C9H16N2O2. The summed E-state index contributed by atoms with van der Waals surface area (Å²) in [6.45, 7) is 6.36. The summed E-state index contributed by atoms with van der Waals surface area (Å²) >= 11 is 0. The Balaban J connectivity index is 0.000000671. The predicted octanol–water partition coefficient (Wildman–Crippen LogP) is 0.593. The Bertz CT molecular complexity index is 363. The van der Waals surface area contributed by atoms with Gasteiger partial charge in [-0.2, -0.15) is 0 Å². The number of aromatic nitrogens is 2. The fourth-order valence-electron chi connectivity index (χ4n) is 0.839. The van der Waals surface area contributed by atoms with E-state index in [9.17, 15) is 9.59 Å². The number of hydrogen-bond donors (Lipinski definition) is 0. The molecule has 0 saturated carbocycles. The molecule has 0 fully saturated rings. The highest BCUT2D eigenvalue weighted by molar-refractivity contribution is 4.83. The first-order chi connectivity index (χ1) is 6.16. The average Bonchev–Trinajstić information content (AvgIpc) is 2.18. The molecule has 0 aliphatic heterocycles. The molecule has 0 bridgehead atoms. The van der Waals surface area contributed by atoms with Crippen molar-refractivity contribution >= 4 is 0 Å². The second-order valence-electron chi connectivity index (χ2n) is 2.31. The van der Waals surface area contributed by atoms with Crippen LogP contribution >= 0.6 is 0 Å². The largest absolute Gasteiger partial charge is 0.316 e. The Kier molecular flexibility index (Phi) is 4.80. The molecule has 0 N–H and O–H groups in total. The van der Waals surface area contributed by atoms with E-state index in [0.29, 0.717) is 6.54 Å². The molecule has 0 aromatic carbocycles. The lowest BCUT2D eigenvalue weighted by Crippen LogP contribution is -2.39. The van der Waals surface area contributed by atoms with E-state index < -0.39 is 11.1 Å². The summed E-state index contributed by atoms with van der Waals surface area (Å²) in [7, 11) is 1.56. The van der Waals surface area contributed by atoms with Crippen LogP contribution in [-0.2, 0) is 13.6 Å². The van der Waals surface area contributed by atoms with Gasteiger partial charge in [0, 0.05) is 26.0 Å². The van der Waals surface area contributed by atoms with Crippen molar-refractivity contribution in [3.05, 3.63) is 33.1 Å². The van der Waals surface area contributed by atoms with E-state index in [-0.39, 0.29) is 0 Å². The molecule has 0 amide bonds. The topological polar surface area (TPSA) is 44.0 Å². The van der Waals surface area contributed by atoms with Crippen molar-refractivity contribution in [1.82, 2.24) is 9.13 Å². The summed E-state index contributed by atoms with van der Waals surface area (Å²) in [6.07, 6.45) is 3.18. The van der Waals surface area contributed by atoms with E-state index in [4.69, 9.17) is 0 Å². The van der Waals surface area contributed by atoms with E-state index >= 15 is 0 Å². The van der Waals surface area contributed by atoms with Gasteiger partial charge in [0.2, 0.25) is 0 Å². The van der Waals surface area contributed by atoms with Gasteiger partial charge in [-0.25, -0.2) is 0 Å². The average molecular weight is 184 g/mol. The zero-order valence-corrected chi connectivity index (χ0v) is 8.57. The van der Waals surface area contributed by atoms with Crippen molar-refractivity contribution in [3.8, 4) is 0 Å². The zero-order valence-electron chi connectivity index (χ0n) is 8.57. The molecule has 0 atom stereocenters. The van der Waals surface area contributed by atoms with Crippen molar-refractivity contribution in [1.29, 1.82) is 0 Å². The second-order valence-corrected chi connectivity index (χ2v) is 2.31. The van der Waals surface area contributed by atoms with Crippen LogP contribution in [0.2, 0.25) is 0 Å². The Labute approximate surface area is 77.4 Å². The highest BCUT2D eigenvalue weighted by Crippen LogP contribution is 1.75. The van der Waals surface area contributed by atoms with Crippen LogP contribution in [0.3, 0.4) is 0 Å². The monoisotopic (exact) mass is 184 g/mol. The molecule has 1 aromatic rings. The first-order valence-corrected chi connectivity index (χ1v) is 4.43. The summed E-state index contributed by atoms with van der Waals surface area (Å²) in [4.78, 5) is 22.0. The molecule has 1 aromatic heterocycles. The summed E-state index contributed by atoms with van der Waals surface area (Å²) < 4.78 is 2.65. The fourth-order valence-corrected chi connectivity index (χ4v) is 0.839. The molecule has 0 aliphatic carbocycles. The van der Waals surface area contributed by atoms with Gasteiger partial charge in [0.25, 0.3) is 0 Å². The third-order valence-corrected chi connectivity index (χ3v) is 1.58. The molecule has 0 radical (unpaired) electrons. The summed E-state index contributed by atoms with van der Waals surface area (Å²) in [5, 5.41) is 0. The molecule has 0 saturated heterocycles. The Morgan fingerprint density at radius 3 is 2.15 bits per heavy atom. The van der Waals surface area contributed by atoms with Gasteiger partial charge in [-0.05, 0) is 6.92 Å². The third kappa shape index (κ3) is 2.57. The fraction of sp³-hybridized carbons (Fsp3) is 0.556. The van der Waals surface area contributed by atoms with Gasteiger partial charge in [0.15, 0.2) is 0 Å². The number of hydrogen-bond acceptors (Lipinski definition) is 2. The quantitative estimate of drug-likeness (QED) is 0.600. The van der Waals surface area contributed by atoms with Crippen LogP contribution in [0.15, 0.2) is 22.0 Å². The second kappa shape index (κ2) is 5.35. The maximum absolute atomic E-state index is 11.1. The van der Waals surface area contributed by atoms with Gasteiger partial charge in [-0.3, -0.25) is 9.59 Å². The molecule has 74 valence electrons. The number of rotatable bonds is 1. The van der Waals surface area contributed by atoms with Gasteiger partial charge in [-0.15, -0.1) is 0 Å². The van der Waals surface area contributed by atoms with E-state index in [2.05, 4.69) is 0 Å². The van der Waals surface area contributed by atoms with Crippen LogP contribution in [0.5, 0.6) is 0 Å². The van der Waals surface area contributed by atoms with Crippen LogP contribution in [0.1, 0.15) is 20.8 Å². The van der Waals surface area contributed by atoms with Crippen LogP contribution in [0.4, 0.5) is 0 Å². The molecule has 4 nitrogen and oxygen atoms in total. The maximum atomic E-state index is 11.1. The van der Waals surface area contributed by atoms with Gasteiger partial charge >= 0.3 is 11.1 Å². The van der Waals surface area contributed by atoms with Crippen molar-refractivity contribution in [2.24, 2.45) is 7.05 Å². The van der Waals surface area contributed by atoms with Crippen LogP contribution in [-0.4, -0.2) is 9.13 Å². The third-order valence-electron chi connectivity index (χ3n) is 1.58. The smallest absolute Gasteiger partial charge is 0.312 e. The molecule has 1 rings (SSSR count). The van der Waals surface area contributed by atoms with Crippen molar-refractivity contribution in [3.63, 3.8) is 0 Å². The van der Waals surface area contributed by atoms with Crippen molar-refractivity contribution in [2.75, 3.05) is 0 Å². The van der Waals surface area contributed by atoms with Gasteiger partial charge in [0.05, 0.1) is 0 Å². The van der Waals surface area contributed by atoms with Crippen LogP contribution < -0.4 is 11.1 Å². The Morgan fingerprint density at radius 2 is 1.69 bits per heavy atom. The summed E-state index contributed by atoms with van der Waals surface area (Å²) in [5.74, 6) is 0. The molecule has 0 spiro atoms. The minimum atomic E-state index is -0.477. The summed E-state index contributed by atoms with van der Waals surface area (Å²) in [6, 6.07) is 0. The first-order valence-electron chi connectivity index (χ1n) is 4.43. The highest BCUT2D eigenvalue weighted by Gasteiger charge is 1.98. The van der Waals surface area contributed by atoms with Crippen molar-refractivity contribution < 1.29 is 0 Å². The van der Waals surface area contributed by atoms with E-state index in [1.807, 2.05) is 20.8 Å². The van der Waals surface area contributed by atoms with E-state index in [1.165, 1.54) is 9.13 Å². The molecule has 0 unspecified atom stereocenters. The maximum Gasteiger partial charge on any atom is 0.316 e. The van der Waals surface area contributed by atoms with Crippen molar-refractivity contribution in [2.45, 2.75) is 27.3 Å². The standard InChI is InChI=1S/C7H10N2O2.C2H6/c1-3-9-5-4-8(2)6(10)7(9)11;1-2/h4-5H,3H2,1-2H3;1-2H3. The van der Waals surface area contributed by atoms with E-state index in [0.717, 1.165) is 0 Å². The molecular weight excluding hydrogens is 168 g/mol. The molecule has 1 heterocycles. The first kappa shape index (κ1) is 11.7.